The molecule has 2 saturated heterocycles. The molecule has 0 saturated carbocycles. The first-order valence-corrected chi connectivity index (χ1v) is 9.55. The van der Waals surface area contributed by atoms with Crippen molar-refractivity contribution in [2.45, 2.75) is 39.0 Å². The minimum atomic E-state index is -0.234. The van der Waals surface area contributed by atoms with Gasteiger partial charge in [-0.15, -0.1) is 0 Å². The van der Waals surface area contributed by atoms with E-state index in [2.05, 4.69) is 17.6 Å². The van der Waals surface area contributed by atoms with Crippen LogP contribution in [-0.4, -0.2) is 38.0 Å². The van der Waals surface area contributed by atoms with Gasteiger partial charge in [-0.25, -0.2) is 0 Å². The average molecular weight is 343 g/mol. The molecule has 3 rings (SSSR count). The Morgan fingerprint density at radius 1 is 1.36 bits per heavy atom. The molecule has 0 aromatic heterocycles. The summed E-state index contributed by atoms with van der Waals surface area (Å²) in [6.07, 6.45) is 4.68. The zero-order chi connectivity index (χ0) is 17.6. The molecule has 0 aliphatic carbocycles. The summed E-state index contributed by atoms with van der Waals surface area (Å²) in [5, 5.41) is 6.45. The molecule has 2 N–H and O–H groups in total. The van der Waals surface area contributed by atoms with Gasteiger partial charge in [0.1, 0.15) is 0 Å². The van der Waals surface area contributed by atoms with E-state index in [9.17, 15) is 9.59 Å². The van der Waals surface area contributed by atoms with Crippen LogP contribution in [0, 0.1) is 11.8 Å². The van der Waals surface area contributed by atoms with Crippen molar-refractivity contribution in [3.63, 3.8) is 0 Å². The SMILES string of the molecule is CCc1ccccc1N1CC(C(=O)NCCC2CCCNC2)CC1=O. The van der Waals surface area contributed by atoms with Crippen LogP contribution in [0.25, 0.3) is 0 Å². The third kappa shape index (κ3) is 4.40. The van der Waals surface area contributed by atoms with Crippen molar-refractivity contribution in [1.29, 1.82) is 0 Å². The number of nitrogens with zero attached hydrogens (tertiary/aromatic N) is 1. The van der Waals surface area contributed by atoms with Gasteiger partial charge < -0.3 is 15.5 Å². The van der Waals surface area contributed by atoms with E-state index in [4.69, 9.17) is 0 Å². The molecule has 5 nitrogen and oxygen atoms in total. The van der Waals surface area contributed by atoms with E-state index >= 15 is 0 Å². The van der Waals surface area contributed by atoms with Crippen molar-refractivity contribution in [1.82, 2.24) is 10.6 Å². The largest absolute Gasteiger partial charge is 0.356 e. The summed E-state index contributed by atoms with van der Waals surface area (Å²) in [4.78, 5) is 26.7. The van der Waals surface area contributed by atoms with Crippen LogP contribution in [0.15, 0.2) is 24.3 Å². The highest BCUT2D eigenvalue weighted by Crippen LogP contribution is 2.28. The van der Waals surface area contributed by atoms with Gasteiger partial charge in [0, 0.05) is 25.2 Å². The number of benzene rings is 1. The van der Waals surface area contributed by atoms with Gasteiger partial charge in [-0.3, -0.25) is 9.59 Å². The second kappa shape index (κ2) is 8.48. The molecular weight excluding hydrogens is 314 g/mol. The lowest BCUT2D eigenvalue weighted by molar-refractivity contribution is -0.126. The summed E-state index contributed by atoms with van der Waals surface area (Å²) in [7, 11) is 0. The Hall–Kier alpha value is -1.88. The second-order valence-electron chi connectivity index (χ2n) is 7.18. The third-order valence-electron chi connectivity index (χ3n) is 5.41. The Bertz CT molecular complexity index is 611. The highest BCUT2D eigenvalue weighted by atomic mass is 16.2. The van der Waals surface area contributed by atoms with Gasteiger partial charge in [-0.2, -0.15) is 0 Å². The monoisotopic (exact) mass is 343 g/mol. The fraction of sp³-hybridized carbons (Fsp3) is 0.600. The number of carbonyl (C=O) groups is 2. The Kier molecular flexibility index (Phi) is 6.08. The van der Waals surface area contributed by atoms with E-state index in [1.165, 1.54) is 12.8 Å². The summed E-state index contributed by atoms with van der Waals surface area (Å²) >= 11 is 0. The van der Waals surface area contributed by atoms with Gasteiger partial charge in [-0.1, -0.05) is 25.1 Å². The van der Waals surface area contributed by atoms with E-state index < -0.39 is 0 Å². The minimum Gasteiger partial charge on any atom is -0.356 e. The number of aryl methyl sites for hydroxylation is 1. The van der Waals surface area contributed by atoms with Gasteiger partial charge in [0.25, 0.3) is 0 Å². The first-order valence-electron chi connectivity index (χ1n) is 9.55. The smallest absolute Gasteiger partial charge is 0.227 e. The lowest BCUT2D eigenvalue weighted by Crippen LogP contribution is -2.36. The van der Waals surface area contributed by atoms with Crippen molar-refractivity contribution < 1.29 is 9.59 Å². The minimum absolute atomic E-state index is 0.0219. The number of hydrogen-bond donors (Lipinski definition) is 2. The number of rotatable bonds is 6. The highest BCUT2D eigenvalue weighted by Gasteiger charge is 2.35. The van der Waals surface area contributed by atoms with Crippen LogP contribution in [0.3, 0.4) is 0 Å². The van der Waals surface area contributed by atoms with Gasteiger partial charge in [0.2, 0.25) is 11.8 Å². The molecule has 0 bridgehead atoms. The quantitative estimate of drug-likeness (QED) is 0.832. The predicted molar refractivity (Wildman–Crippen MR) is 99.5 cm³/mol. The molecule has 136 valence electrons. The second-order valence-corrected chi connectivity index (χ2v) is 7.18. The summed E-state index contributed by atoms with van der Waals surface area (Å²) in [6.45, 7) is 5.46. The van der Waals surface area contributed by atoms with Crippen LogP contribution in [0.5, 0.6) is 0 Å². The molecule has 2 aliphatic heterocycles. The van der Waals surface area contributed by atoms with Crippen molar-refractivity contribution >= 4 is 17.5 Å². The molecule has 25 heavy (non-hydrogen) atoms. The molecule has 1 aromatic rings. The number of hydrogen-bond acceptors (Lipinski definition) is 3. The molecule has 2 amide bonds. The summed E-state index contributed by atoms with van der Waals surface area (Å²) in [6, 6.07) is 7.97. The van der Waals surface area contributed by atoms with Crippen LogP contribution < -0.4 is 15.5 Å². The van der Waals surface area contributed by atoms with Crippen molar-refractivity contribution in [2.24, 2.45) is 11.8 Å². The Balaban J connectivity index is 1.52. The maximum atomic E-state index is 12.5. The molecule has 5 heteroatoms. The fourth-order valence-corrected chi connectivity index (χ4v) is 3.90. The molecule has 2 unspecified atom stereocenters. The predicted octanol–water partition coefficient (Wildman–Crippen LogP) is 2.11. The van der Waals surface area contributed by atoms with Crippen molar-refractivity contribution in [3.8, 4) is 0 Å². The van der Waals surface area contributed by atoms with Crippen LogP contribution in [0.1, 0.15) is 38.2 Å². The zero-order valence-electron chi connectivity index (χ0n) is 15.1. The van der Waals surface area contributed by atoms with Gasteiger partial charge in [0.15, 0.2) is 0 Å². The molecule has 1 aromatic carbocycles. The maximum Gasteiger partial charge on any atom is 0.227 e. The van der Waals surface area contributed by atoms with E-state index in [1.54, 1.807) is 4.90 Å². The molecule has 0 radical (unpaired) electrons. The number of carbonyl (C=O) groups excluding carboxylic acids is 2. The van der Waals surface area contributed by atoms with Crippen LogP contribution in [0.4, 0.5) is 5.69 Å². The maximum absolute atomic E-state index is 12.5. The fourth-order valence-electron chi connectivity index (χ4n) is 3.90. The molecular formula is C20H29N3O2. The van der Waals surface area contributed by atoms with E-state index in [-0.39, 0.29) is 17.7 Å². The summed E-state index contributed by atoms with van der Waals surface area (Å²) in [5.74, 6) is 0.500. The number of amides is 2. The van der Waals surface area contributed by atoms with Crippen molar-refractivity contribution in [3.05, 3.63) is 29.8 Å². The van der Waals surface area contributed by atoms with Crippen molar-refractivity contribution in [2.75, 3.05) is 31.1 Å². The topological polar surface area (TPSA) is 61.4 Å². The van der Waals surface area contributed by atoms with Crippen LogP contribution in [0.2, 0.25) is 0 Å². The van der Waals surface area contributed by atoms with E-state index in [0.717, 1.165) is 37.2 Å². The number of para-hydroxylation sites is 1. The zero-order valence-corrected chi connectivity index (χ0v) is 15.1. The first-order chi connectivity index (χ1) is 12.2. The van der Waals surface area contributed by atoms with Crippen LogP contribution >= 0.6 is 0 Å². The van der Waals surface area contributed by atoms with Gasteiger partial charge >= 0.3 is 0 Å². The summed E-state index contributed by atoms with van der Waals surface area (Å²) < 4.78 is 0. The van der Waals surface area contributed by atoms with E-state index in [0.29, 0.717) is 25.4 Å². The third-order valence-corrected chi connectivity index (χ3v) is 5.41. The van der Waals surface area contributed by atoms with Crippen LogP contribution in [-0.2, 0) is 16.0 Å². The molecule has 2 aliphatic rings. The number of piperidine rings is 1. The Morgan fingerprint density at radius 2 is 2.20 bits per heavy atom. The molecule has 0 spiro atoms. The standard InChI is InChI=1S/C20H29N3O2/c1-2-16-7-3-4-8-18(16)23-14-17(12-19(23)24)20(25)22-11-9-15-6-5-10-21-13-15/h3-4,7-8,15,17,21H,2,5-6,9-14H2,1H3,(H,22,25). The van der Waals surface area contributed by atoms with Gasteiger partial charge in [-0.05, 0) is 56.3 Å². The molecule has 2 fully saturated rings. The number of anilines is 1. The molecule has 2 atom stereocenters. The average Bonchev–Trinajstić information content (AvgIpc) is 3.04. The number of nitrogens with one attached hydrogen (secondary N) is 2. The van der Waals surface area contributed by atoms with E-state index in [1.807, 2.05) is 24.3 Å². The highest BCUT2D eigenvalue weighted by molar-refractivity contribution is 6.00. The summed E-state index contributed by atoms with van der Waals surface area (Å²) in [5.41, 5.74) is 2.11. The first kappa shape index (κ1) is 17.9. The Morgan fingerprint density at radius 3 is 2.96 bits per heavy atom. The Labute approximate surface area is 150 Å². The van der Waals surface area contributed by atoms with Gasteiger partial charge in [0.05, 0.1) is 5.92 Å². The molecule has 2 heterocycles. The lowest BCUT2D eigenvalue weighted by Gasteiger charge is -2.23. The lowest BCUT2D eigenvalue weighted by atomic mass is 9.96. The normalized spacial score (nSPS) is 23.7.